The summed E-state index contributed by atoms with van der Waals surface area (Å²) in [6, 6.07) is -4.58. The van der Waals surface area contributed by atoms with Gasteiger partial charge in [0.1, 0.15) is 31.3 Å². The molecule has 0 radical (unpaired) electrons. The summed E-state index contributed by atoms with van der Waals surface area (Å²) in [4.78, 5) is 130. The highest BCUT2D eigenvalue weighted by Crippen LogP contribution is 2.14. The van der Waals surface area contributed by atoms with Gasteiger partial charge in [0, 0.05) is 74.6 Å². The molecule has 0 aliphatic carbocycles. The summed E-state index contributed by atoms with van der Waals surface area (Å²) in [5.74, 6) is -8.46. The van der Waals surface area contributed by atoms with E-state index in [1.165, 1.54) is 32.1 Å². The summed E-state index contributed by atoms with van der Waals surface area (Å²) in [5.41, 5.74) is 5.26. The van der Waals surface area contributed by atoms with Crippen molar-refractivity contribution in [1.29, 1.82) is 0 Å². The number of primary amides is 1. The molecule has 0 fully saturated rings. The third kappa shape index (κ3) is 46.2. The van der Waals surface area contributed by atoms with Crippen molar-refractivity contribution in [2.24, 2.45) is 5.73 Å². The van der Waals surface area contributed by atoms with Crippen molar-refractivity contribution in [2.75, 3.05) is 72.5 Å². The molecule has 79 heavy (non-hydrogen) atoms. The van der Waals surface area contributed by atoms with Crippen LogP contribution in [0.2, 0.25) is 0 Å². The van der Waals surface area contributed by atoms with E-state index in [1.54, 1.807) is 0 Å². The lowest BCUT2D eigenvalue weighted by Gasteiger charge is -2.17. The summed E-state index contributed by atoms with van der Waals surface area (Å²) in [7, 11) is 0. The van der Waals surface area contributed by atoms with E-state index in [-0.39, 0.29) is 117 Å². The van der Waals surface area contributed by atoms with Crippen LogP contribution in [0.25, 0.3) is 0 Å². The number of hydrogen-bond donors (Lipinski definition) is 12. The minimum Gasteiger partial charge on any atom is -0.481 e. The summed E-state index contributed by atoms with van der Waals surface area (Å²) in [5, 5.41) is 52.1. The number of halogens is 1. The largest absolute Gasteiger partial charge is 0.481 e. The van der Waals surface area contributed by atoms with Crippen LogP contribution in [0.5, 0.6) is 0 Å². The molecule has 4 atom stereocenters. The molecule has 0 aromatic carbocycles. The number of rotatable bonds is 55. The first-order valence-corrected chi connectivity index (χ1v) is 28.5. The van der Waals surface area contributed by atoms with Crippen molar-refractivity contribution in [2.45, 2.75) is 185 Å². The molecule has 454 valence electrons. The number of carboxylic acid groups (broad SMARTS) is 4. The number of hydrogen-bond acceptors (Lipinski definition) is 16. The Morgan fingerprint density at radius 3 is 1.13 bits per heavy atom. The number of ether oxygens (including phenoxy) is 4. The summed E-state index contributed by atoms with van der Waals surface area (Å²) >= 11 is 1.83. The van der Waals surface area contributed by atoms with Gasteiger partial charge in [-0.15, -0.1) is 0 Å². The van der Waals surface area contributed by atoms with Gasteiger partial charge >= 0.3 is 23.9 Å². The van der Waals surface area contributed by atoms with Crippen molar-refractivity contribution < 1.29 is 92.1 Å². The van der Waals surface area contributed by atoms with E-state index in [4.69, 9.17) is 29.8 Å². The highest BCUT2D eigenvalue weighted by atomic mass is 127. The maximum absolute atomic E-state index is 12.5. The van der Waals surface area contributed by atoms with Crippen LogP contribution in [-0.2, 0) is 71.7 Å². The highest BCUT2D eigenvalue weighted by molar-refractivity contribution is 14.1. The van der Waals surface area contributed by atoms with Crippen molar-refractivity contribution in [3.63, 3.8) is 0 Å². The minimum atomic E-state index is -1.48. The van der Waals surface area contributed by atoms with E-state index in [0.717, 1.165) is 51.4 Å². The first kappa shape index (κ1) is 73.7. The predicted octanol–water partition coefficient (Wildman–Crippen LogP) is 1.74. The molecule has 0 aromatic rings. The second kappa shape index (κ2) is 49.7. The molecule has 0 saturated carbocycles. The number of carboxylic acids is 4. The molecule has 28 heteroatoms. The average molecular weight is 1250 g/mol. The van der Waals surface area contributed by atoms with E-state index < -0.39 is 96.5 Å². The molecule has 7 amide bonds. The van der Waals surface area contributed by atoms with Gasteiger partial charge in [-0.2, -0.15) is 0 Å². The van der Waals surface area contributed by atoms with E-state index in [0.29, 0.717) is 25.7 Å². The van der Waals surface area contributed by atoms with E-state index in [2.05, 4.69) is 35.4 Å². The second-order valence-corrected chi connectivity index (χ2v) is 19.4. The molecule has 0 rings (SSSR count). The molecule has 0 heterocycles. The van der Waals surface area contributed by atoms with E-state index in [1.807, 2.05) is 22.9 Å². The number of nitrogens with one attached hydrogen (secondary N) is 7. The average Bonchev–Trinajstić information content (AvgIpc) is 3.39. The molecule has 0 bridgehead atoms. The lowest BCUT2D eigenvalue weighted by molar-refractivity contribution is -0.144. The van der Waals surface area contributed by atoms with Gasteiger partial charge < -0.3 is 77.0 Å². The van der Waals surface area contributed by atoms with Crippen LogP contribution in [0.4, 0.5) is 0 Å². The molecule has 0 spiro atoms. The Labute approximate surface area is 476 Å². The lowest BCUT2D eigenvalue weighted by Crippen LogP contribution is -2.45. The predicted molar refractivity (Wildman–Crippen MR) is 294 cm³/mol. The van der Waals surface area contributed by atoms with Crippen molar-refractivity contribution >= 4 is 88.1 Å². The fourth-order valence-corrected chi connectivity index (χ4v) is 8.14. The maximum Gasteiger partial charge on any atom is 0.326 e. The van der Waals surface area contributed by atoms with Crippen molar-refractivity contribution in [1.82, 2.24) is 35.4 Å². The van der Waals surface area contributed by atoms with Crippen LogP contribution in [-0.4, -0.2) is 182 Å². The first-order chi connectivity index (χ1) is 37.9. The number of aliphatic carboxylic acids is 4. The molecule has 0 aliphatic rings. The quantitative estimate of drug-likeness (QED) is 0.0234. The van der Waals surface area contributed by atoms with Crippen LogP contribution in [0, 0.1) is 0 Å². The van der Waals surface area contributed by atoms with Gasteiger partial charge in [-0.25, -0.2) is 17.9 Å². The van der Waals surface area contributed by atoms with Gasteiger partial charge in [0.2, 0.25) is 41.4 Å². The fourth-order valence-electron chi connectivity index (χ4n) is 7.52. The van der Waals surface area contributed by atoms with Gasteiger partial charge in [-0.3, -0.25) is 38.4 Å². The van der Waals surface area contributed by atoms with Gasteiger partial charge in [-0.1, -0.05) is 77.0 Å². The second-order valence-electron chi connectivity index (χ2n) is 18.8. The third-order valence-corrected chi connectivity index (χ3v) is 12.7. The van der Waals surface area contributed by atoms with Crippen LogP contribution < -0.4 is 41.2 Å². The monoisotopic (exact) mass is 1240 g/mol. The smallest absolute Gasteiger partial charge is 0.326 e. The number of nitrogens with two attached hydrogens (primary N) is 1. The zero-order chi connectivity index (χ0) is 58.9. The molecule has 13 N–H and O–H groups in total. The van der Waals surface area contributed by atoms with E-state index >= 15 is 0 Å². The van der Waals surface area contributed by atoms with Gasteiger partial charge in [0.25, 0.3) is 0 Å². The Morgan fingerprint density at radius 2 is 0.709 bits per heavy atom. The molecule has 27 nitrogen and oxygen atoms in total. The number of carbonyl (C=O) groups is 11. The SMILES string of the molecule is NC(=O)[C@H](CCCCNC(=O)CC[C@H](NC(=O)CC[C@H](NC(=O)COCCOCCNC(=O)COCCOCCNC(=O)CC[C@H](NC(=O)CCCCCCCCCCCCCCCCC(=O)O)C(=O)O)C(=O)O)C(=O)O)NI. The zero-order valence-electron chi connectivity index (χ0n) is 45.6. The fraction of sp³-hybridized carbons (Fsp3) is 0.784. The number of amides is 7. The minimum absolute atomic E-state index is 0.0376. The lowest BCUT2D eigenvalue weighted by atomic mass is 10.0. The summed E-state index contributed by atoms with van der Waals surface area (Å²) in [6.07, 6.45) is 15.4. The number of carbonyl (C=O) groups excluding carboxylic acids is 7. The van der Waals surface area contributed by atoms with Crippen molar-refractivity contribution in [3.05, 3.63) is 0 Å². The topological polar surface area (TPSA) is 416 Å². The Balaban J connectivity index is 3.97. The highest BCUT2D eigenvalue weighted by Gasteiger charge is 2.25. The van der Waals surface area contributed by atoms with Crippen LogP contribution in [0.3, 0.4) is 0 Å². The first-order valence-electron chi connectivity index (χ1n) is 27.4. The Bertz CT molecular complexity index is 1800. The molecular formula is C51H89IN8O19. The Morgan fingerprint density at radius 1 is 0.354 bits per heavy atom. The maximum atomic E-state index is 12.5. The normalized spacial score (nSPS) is 12.5. The van der Waals surface area contributed by atoms with E-state index in [9.17, 15) is 68.1 Å². The molecule has 0 aliphatic heterocycles. The number of unbranched alkanes of at least 4 members (excludes halogenated alkanes) is 14. The third-order valence-electron chi connectivity index (χ3n) is 12.0. The zero-order valence-corrected chi connectivity index (χ0v) is 47.8. The Hall–Kier alpha value is -5.30. The molecule has 0 saturated heterocycles. The summed E-state index contributed by atoms with van der Waals surface area (Å²) in [6.45, 7) is 0.266. The van der Waals surface area contributed by atoms with Gasteiger partial charge in [-0.05, 0) is 51.4 Å². The van der Waals surface area contributed by atoms with Crippen LogP contribution in [0.1, 0.15) is 161 Å². The Kier molecular flexibility index (Phi) is 46.4. The van der Waals surface area contributed by atoms with Crippen molar-refractivity contribution in [3.8, 4) is 0 Å². The van der Waals surface area contributed by atoms with Gasteiger partial charge in [0.05, 0.1) is 45.7 Å². The standard InChI is InChI=1S/C51H89IN8O19/c52-60-37(48(53)69)17-15-16-26-54-41(61)23-20-39(50(72)73)58-44(64)25-22-40(51(74)75)59-46(66)36-79-34-32-77-30-28-56-45(65)35-78-33-31-76-29-27-55-42(62)24-21-38(49(70)71)57-43(63)18-13-11-9-7-5-3-1-2-4-6-8-10-12-14-19-47(67)68/h37-40,60H,1-36H2,(H2,53,69)(H,54,61)(H,55,62)(H,56,65)(H,57,63)(H,58,64)(H,59,66)(H,67,68)(H,70,71)(H,72,73)(H,74,75)/t37-,38-,39-,40-/m0/s1. The van der Waals surface area contributed by atoms with Crippen LogP contribution in [0.15, 0.2) is 0 Å². The molecule has 0 aromatic heterocycles. The molecule has 0 unspecified atom stereocenters. The van der Waals surface area contributed by atoms with Crippen LogP contribution >= 0.6 is 22.9 Å². The molecular weight excluding hydrogens is 1160 g/mol. The summed E-state index contributed by atoms with van der Waals surface area (Å²) < 4.78 is 23.9. The van der Waals surface area contributed by atoms with Gasteiger partial charge in [0.15, 0.2) is 0 Å².